The van der Waals surface area contributed by atoms with Crippen LogP contribution in [0.15, 0.2) is 24.3 Å². The number of piperidine rings is 1. The summed E-state index contributed by atoms with van der Waals surface area (Å²) in [6.07, 6.45) is 2.07. The fourth-order valence-electron chi connectivity index (χ4n) is 2.51. The number of hydrogen-bond donors (Lipinski definition) is 1. The van der Waals surface area contributed by atoms with Gasteiger partial charge in [0.25, 0.3) is 0 Å². The van der Waals surface area contributed by atoms with Crippen LogP contribution in [0.3, 0.4) is 0 Å². The highest BCUT2D eigenvalue weighted by molar-refractivity contribution is 5.84. The van der Waals surface area contributed by atoms with Crippen molar-refractivity contribution < 1.29 is 4.79 Å². The smallest absolute Gasteiger partial charge is 0.226 e. The summed E-state index contributed by atoms with van der Waals surface area (Å²) in [5, 5.41) is 0. The van der Waals surface area contributed by atoms with Gasteiger partial charge < -0.3 is 10.6 Å². The normalized spacial score (nSPS) is 27.0. The van der Waals surface area contributed by atoms with Gasteiger partial charge in [0.15, 0.2) is 0 Å². The summed E-state index contributed by atoms with van der Waals surface area (Å²) in [5.41, 5.74) is 7.67. The Balaban J connectivity index is 1.57. The molecule has 1 amide bonds. The standard InChI is InChI=1S/C13H16N2O/c14-11-3-1-9(2-4-11)5-6-15-8-10-7-12(10)13(15)16/h1-4,10,12H,5-8,14H2. The van der Waals surface area contributed by atoms with E-state index >= 15 is 0 Å². The van der Waals surface area contributed by atoms with E-state index in [9.17, 15) is 4.79 Å². The molecule has 0 radical (unpaired) electrons. The zero-order valence-corrected chi connectivity index (χ0v) is 9.23. The number of benzene rings is 1. The number of nitrogens with two attached hydrogens (primary N) is 1. The lowest BCUT2D eigenvalue weighted by molar-refractivity contribution is -0.129. The molecule has 1 aromatic carbocycles. The predicted molar refractivity (Wildman–Crippen MR) is 62.7 cm³/mol. The van der Waals surface area contributed by atoms with Gasteiger partial charge in [0, 0.05) is 24.7 Å². The second kappa shape index (κ2) is 3.51. The van der Waals surface area contributed by atoms with Crippen molar-refractivity contribution >= 4 is 11.6 Å². The number of amides is 1. The highest BCUT2D eigenvalue weighted by Crippen LogP contribution is 2.45. The monoisotopic (exact) mass is 216 g/mol. The number of nitrogen functional groups attached to an aromatic ring is 1. The first-order valence-electron chi connectivity index (χ1n) is 5.87. The first-order valence-corrected chi connectivity index (χ1v) is 5.87. The first kappa shape index (κ1) is 9.70. The molecule has 84 valence electrons. The molecule has 2 fully saturated rings. The van der Waals surface area contributed by atoms with Crippen molar-refractivity contribution in [2.45, 2.75) is 12.8 Å². The molecule has 16 heavy (non-hydrogen) atoms. The average Bonchev–Trinajstić information content (AvgIpc) is 2.99. The summed E-state index contributed by atoms with van der Waals surface area (Å²) in [6, 6.07) is 7.91. The third kappa shape index (κ3) is 1.66. The van der Waals surface area contributed by atoms with E-state index in [1.807, 2.05) is 29.2 Å². The lowest BCUT2D eigenvalue weighted by Crippen LogP contribution is -2.30. The van der Waals surface area contributed by atoms with E-state index in [2.05, 4.69) is 0 Å². The van der Waals surface area contributed by atoms with Gasteiger partial charge in [-0.15, -0.1) is 0 Å². The van der Waals surface area contributed by atoms with Crippen LogP contribution in [0.4, 0.5) is 5.69 Å². The quantitative estimate of drug-likeness (QED) is 0.774. The molecule has 0 aromatic heterocycles. The fraction of sp³-hybridized carbons (Fsp3) is 0.462. The molecule has 2 N–H and O–H groups in total. The van der Waals surface area contributed by atoms with Crippen molar-refractivity contribution in [3.63, 3.8) is 0 Å². The fourth-order valence-corrected chi connectivity index (χ4v) is 2.51. The molecule has 1 saturated heterocycles. The van der Waals surface area contributed by atoms with Gasteiger partial charge in [-0.2, -0.15) is 0 Å². The summed E-state index contributed by atoms with van der Waals surface area (Å²) < 4.78 is 0. The summed E-state index contributed by atoms with van der Waals surface area (Å²) >= 11 is 0. The third-order valence-electron chi connectivity index (χ3n) is 3.66. The van der Waals surface area contributed by atoms with Crippen molar-refractivity contribution in [1.29, 1.82) is 0 Å². The Hall–Kier alpha value is -1.51. The van der Waals surface area contributed by atoms with Gasteiger partial charge in [-0.1, -0.05) is 12.1 Å². The number of anilines is 1. The maximum absolute atomic E-state index is 11.7. The molecule has 3 nitrogen and oxygen atoms in total. The van der Waals surface area contributed by atoms with Gasteiger partial charge in [-0.3, -0.25) is 4.79 Å². The Labute approximate surface area is 95.2 Å². The van der Waals surface area contributed by atoms with E-state index in [1.165, 1.54) is 5.56 Å². The van der Waals surface area contributed by atoms with Gasteiger partial charge >= 0.3 is 0 Å². The number of likely N-dealkylation sites (tertiary alicyclic amines) is 1. The van der Waals surface area contributed by atoms with E-state index in [0.29, 0.717) is 17.7 Å². The Kier molecular flexibility index (Phi) is 2.13. The number of rotatable bonds is 3. The topological polar surface area (TPSA) is 46.3 Å². The number of carbonyl (C=O) groups excluding carboxylic acids is 1. The Morgan fingerprint density at radius 1 is 1.31 bits per heavy atom. The van der Waals surface area contributed by atoms with Gasteiger partial charge in [-0.05, 0) is 36.5 Å². The minimum atomic E-state index is 0.375. The molecular weight excluding hydrogens is 200 g/mol. The van der Waals surface area contributed by atoms with E-state index in [0.717, 1.165) is 31.6 Å². The van der Waals surface area contributed by atoms with E-state index in [4.69, 9.17) is 5.73 Å². The summed E-state index contributed by atoms with van der Waals surface area (Å²) in [6.45, 7) is 1.84. The first-order chi connectivity index (χ1) is 7.74. The minimum Gasteiger partial charge on any atom is -0.399 e. The van der Waals surface area contributed by atoms with Crippen LogP contribution in [0, 0.1) is 11.8 Å². The van der Waals surface area contributed by atoms with Crippen molar-refractivity contribution in [3.05, 3.63) is 29.8 Å². The predicted octanol–water partition coefficient (Wildman–Crippen LogP) is 1.29. The lowest BCUT2D eigenvalue weighted by atomic mass is 10.1. The van der Waals surface area contributed by atoms with Crippen LogP contribution < -0.4 is 5.73 Å². The highest BCUT2D eigenvalue weighted by Gasteiger charge is 2.51. The molecule has 1 aliphatic carbocycles. The molecule has 0 spiro atoms. The lowest BCUT2D eigenvalue weighted by Gasteiger charge is -2.17. The van der Waals surface area contributed by atoms with Gasteiger partial charge in [0.05, 0.1) is 0 Å². The molecule has 1 aliphatic heterocycles. The zero-order chi connectivity index (χ0) is 11.1. The zero-order valence-electron chi connectivity index (χ0n) is 9.23. The molecule has 1 saturated carbocycles. The van der Waals surface area contributed by atoms with Crippen LogP contribution in [0.2, 0.25) is 0 Å². The average molecular weight is 216 g/mol. The molecule has 0 bridgehead atoms. The van der Waals surface area contributed by atoms with Crippen LogP contribution in [-0.4, -0.2) is 23.9 Å². The molecule has 1 heterocycles. The van der Waals surface area contributed by atoms with Crippen LogP contribution >= 0.6 is 0 Å². The van der Waals surface area contributed by atoms with E-state index in [-0.39, 0.29) is 0 Å². The van der Waals surface area contributed by atoms with E-state index < -0.39 is 0 Å². The third-order valence-corrected chi connectivity index (χ3v) is 3.66. The molecule has 1 aromatic rings. The van der Waals surface area contributed by atoms with Gasteiger partial charge in [0.1, 0.15) is 0 Å². The van der Waals surface area contributed by atoms with Crippen molar-refractivity contribution in [1.82, 2.24) is 4.90 Å². The van der Waals surface area contributed by atoms with Crippen LogP contribution in [-0.2, 0) is 11.2 Å². The maximum atomic E-state index is 11.7. The summed E-state index contributed by atoms with van der Waals surface area (Å²) in [7, 11) is 0. The van der Waals surface area contributed by atoms with Crippen molar-refractivity contribution in [2.24, 2.45) is 11.8 Å². The number of nitrogens with zero attached hydrogens (tertiary/aromatic N) is 1. The highest BCUT2D eigenvalue weighted by atomic mass is 16.2. The SMILES string of the molecule is Nc1ccc(CCN2CC3CC3C2=O)cc1. The number of fused-ring (bicyclic) bond motifs is 1. The molecule has 2 unspecified atom stereocenters. The second-order valence-electron chi connectivity index (χ2n) is 4.88. The summed E-state index contributed by atoms with van der Waals surface area (Å²) in [4.78, 5) is 13.7. The Bertz CT molecular complexity index is 412. The molecular formula is C13H16N2O. The molecule has 3 rings (SSSR count). The second-order valence-corrected chi connectivity index (χ2v) is 4.88. The largest absolute Gasteiger partial charge is 0.399 e. The van der Waals surface area contributed by atoms with E-state index in [1.54, 1.807) is 0 Å². The van der Waals surface area contributed by atoms with Crippen LogP contribution in [0.25, 0.3) is 0 Å². The number of carbonyl (C=O) groups is 1. The van der Waals surface area contributed by atoms with Crippen LogP contribution in [0.1, 0.15) is 12.0 Å². The molecule has 2 atom stereocenters. The molecule has 2 aliphatic rings. The minimum absolute atomic E-state index is 0.375. The van der Waals surface area contributed by atoms with Gasteiger partial charge in [0.2, 0.25) is 5.91 Å². The Morgan fingerprint density at radius 3 is 2.69 bits per heavy atom. The van der Waals surface area contributed by atoms with Crippen LogP contribution in [0.5, 0.6) is 0 Å². The maximum Gasteiger partial charge on any atom is 0.226 e. The van der Waals surface area contributed by atoms with Crippen molar-refractivity contribution in [2.75, 3.05) is 18.8 Å². The van der Waals surface area contributed by atoms with Gasteiger partial charge in [-0.25, -0.2) is 0 Å². The molecule has 3 heteroatoms. The summed E-state index contributed by atoms with van der Waals surface area (Å²) in [5.74, 6) is 1.44. The number of hydrogen-bond acceptors (Lipinski definition) is 2. The van der Waals surface area contributed by atoms with Crippen molar-refractivity contribution in [3.8, 4) is 0 Å². The Morgan fingerprint density at radius 2 is 2.06 bits per heavy atom.